The van der Waals surface area contributed by atoms with Crippen LogP contribution in [0.2, 0.25) is 0 Å². The summed E-state index contributed by atoms with van der Waals surface area (Å²) in [6.07, 6.45) is -4.77. The molecule has 0 heterocycles. The molecule has 0 aromatic heterocycles. The number of esters is 1. The minimum Gasteiger partial charge on any atom is -0.494 e. The van der Waals surface area contributed by atoms with E-state index in [9.17, 15) is 27.6 Å². The van der Waals surface area contributed by atoms with Gasteiger partial charge in [0.15, 0.2) is 12.4 Å². The van der Waals surface area contributed by atoms with Crippen LogP contribution in [0.4, 0.5) is 18.9 Å². The smallest absolute Gasteiger partial charge is 0.416 e. The largest absolute Gasteiger partial charge is 0.494 e. The van der Waals surface area contributed by atoms with E-state index in [1.807, 2.05) is 6.92 Å². The Bertz CT molecular complexity index is 877. The molecule has 0 aliphatic carbocycles. The van der Waals surface area contributed by atoms with E-state index in [4.69, 9.17) is 9.47 Å². The van der Waals surface area contributed by atoms with Crippen LogP contribution in [0.3, 0.4) is 0 Å². The molecule has 9 heteroatoms. The molecule has 0 radical (unpaired) electrons. The number of benzene rings is 2. The van der Waals surface area contributed by atoms with Crippen LogP contribution in [0.25, 0.3) is 0 Å². The van der Waals surface area contributed by atoms with Crippen molar-refractivity contribution in [2.75, 3.05) is 18.5 Å². The van der Waals surface area contributed by atoms with Gasteiger partial charge in [0.05, 0.1) is 18.6 Å². The monoisotopic (exact) mass is 423 g/mol. The third-order valence-electron chi connectivity index (χ3n) is 3.90. The molecule has 0 saturated carbocycles. The van der Waals surface area contributed by atoms with Gasteiger partial charge in [-0.25, -0.2) is 0 Å². The van der Waals surface area contributed by atoms with Crippen molar-refractivity contribution in [2.24, 2.45) is 0 Å². The van der Waals surface area contributed by atoms with Crippen molar-refractivity contribution in [1.29, 1.82) is 0 Å². The normalized spacial score (nSPS) is 10.9. The number of hydrogen-bond acceptors (Lipinski definition) is 5. The van der Waals surface area contributed by atoms with E-state index in [1.54, 1.807) is 24.3 Å². The third kappa shape index (κ3) is 7.23. The van der Waals surface area contributed by atoms with Gasteiger partial charge in [0.2, 0.25) is 0 Å². The summed E-state index contributed by atoms with van der Waals surface area (Å²) >= 11 is 0. The van der Waals surface area contributed by atoms with Crippen molar-refractivity contribution in [3.05, 3.63) is 59.7 Å². The summed E-state index contributed by atoms with van der Waals surface area (Å²) in [5.74, 6) is -1.07. The fraction of sp³-hybridized carbons (Fsp3) is 0.286. The molecule has 2 rings (SSSR count). The summed E-state index contributed by atoms with van der Waals surface area (Å²) < 4.78 is 47.6. The van der Waals surface area contributed by atoms with E-state index in [0.717, 1.165) is 24.3 Å². The SMILES string of the molecule is CCOc1ccc(C(=O)CCC(=O)OCC(=O)Nc2ccc(C(F)(F)F)cc2)cc1. The van der Waals surface area contributed by atoms with Gasteiger partial charge >= 0.3 is 12.1 Å². The van der Waals surface area contributed by atoms with Gasteiger partial charge in [-0.05, 0) is 55.5 Å². The van der Waals surface area contributed by atoms with Crippen molar-refractivity contribution in [1.82, 2.24) is 0 Å². The average Bonchev–Trinajstić information content (AvgIpc) is 2.71. The molecule has 0 bridgehead atoms. The standard InChI is InChI=1S/C21H20F3NO5/c1-2-29-17-9-3-14(4-10-17)18(26)11-12-20(28)30-13-19(27)25-16-7-5-15(6-8-16)21(22,23)24/h3-10H,2,11-13H2,1H3,(H,25,27). The lowest BCUT2D eigenvalue weighted by Crippen LogP contribution is -2.21. The first-order valence-electron chi connectivity index (χ1n) is 9.08. The maximum absolute atomic E-state index is 12.5. The minimum atomic E-state index is -4.47. The topological polar surface area (TPSA) is 81.7 Å². The molecular formula is C21H20F3NO5. The first-order valence-corrected chi connectivity index (χ1v) is 9.08. The first kappa shape index (κ1) is 22.9. The number of halogens is 3. The zero-order valence-corrected chi connectivity index (χ0v) is 16.1. The summed E-state index contributed by atoms with van der Waals surface area (Å²) in [5.41, 5.74) is -0.287. The Morgan fingerprint density at radius 1 is 0.933 bits per heavy atom. The number of rotatable bonds is 9. The van der Waals surface area contributed by atoms with Gasteiger partial charge in [-0.2, -0.15) is 13.2 Å². The van der Waals surface area contributed by atoms with Crippen LogP contribution in [0, 0.1) is 0 Å². The molecule has 0 aliphatic heterocycles. The highest BCUT2D eigenvalue weighted by atomic mass is 19.4. The van der Waals surface area contributed by atoms with E-state index < -0.39 is 30.2 Å². The lowest BCUT2D eigenvalue weighted by atomic mass is 10.1. The van der Waals surface area contributed by atoms with Crippen molar-refractivity contribution < 1.29 is 37.0 Å². The van der Waals surface area contributed by atoms with Crippen molar-refractivity contribution in [3.8, 4) is 5.75 Å². The number of anilines is 1. The predicted molar refractivity (Wildman–Crippen MR) is 102 cm³/mol. The second kappa shape index (κ2) is 10.4. The van der Waals surface area contributed by atoms with Gasteiger partial charge in [0.25, 0.3) is 5.91 Å². The fourth-order valence-electron chi connectivity index (χ4n) is 2.42. The van der Waals surface area contributed by atoms with Crippen molar-refractivity contribution >= 4 is 23.3 Å². The van der Waals surface area contributed by atoms with Gasteiger partial charge in [-0.3, -0.25) is 14.4 Å². The summed E-state index contributed by atoms with van der Waals surface area (Å²) in [6.45, 7) is 1.73. The predicted octanol–water partition coefficient (Wildman–Crippen LogP) is 4.25. The Hall–Kier alpha value is -3.36. The second-order valence-electron chi connectivity index (χ2n) is 6.16. The van der Waals surface area contributed by atoms with E-state index in [0.29, 0.717) is 17.9 Å². The van der Waals surface area contributed by atoms with E-state index in [1.165, 1.54) is 0 Å². The number of Topliss-reactive ketones (excluding diaryl/α,β-unsaturated/α-hetero) is 1. The Kier molecular flexibility index (Phi) is 7.97. The quantitative estimate of drug-likeness (QED) is 0.482. The Balaban J connectivity index is 1.73. The highest BCUT2D eigenvalue weighted by molar-refractivity contribution is 5.98. The van der Waals surface area contributed by atoms with Crippen molar-refractivity contribution in [2.45, 2.75) is 25.9 Å². The summed E-state index contributed by atoms with van der Waals surface area (Å²) in [7, 11) is 0. The average molecular weight is 423 g/mol. The molecule has 0 atom stereocenters. The van der Waals surface area contributed by atoms with E-state index in [2.05, 4.69) is 5.32 Å². The summed E-state index contributed by atoms with van der Waals surface area (Å²) in [6, 6.07) is 10.3. The number of carbonyl (C=O) groups excluding carboxylic acids is 3. The van der Waals surface area contributed by atoms with Crippen LogP contribution < -0.4 is 10.1 Å². The highest BCUT2D eigenvalue weighted by Crippen LogP contribution is 2.29. The molecule has 30 heavy (non-hydrogen) atoms. The summed E-state index contributed by atoms with van der Waals surface area (Å²) in [5, 5.41) is 2.32. The molecule has 0 spiro atoms. The number of hydrogen-bond donors (Lipinski definition) is 1. The zero-order chi connectivity index (χ0) is 22.1. The summed E-state index contributed by atoms with van der Waals surface area (Å²) in [4.78, 5) is 35.6. The van der Waals surface area contributed by atoms with Gasteiger partial charge in [-0.15, -0.1) is 0 Å². The number of amides is 1. The van der Waals surface area contributed by atoms with E-state index >= 15 is 0 Å². The Morgan fingerprint density at radius 2 is 1.57 bits per heavy atom. The van der Waals surface area contributed by atoms with E-state index in [-0.39, 0.29) is 24.3 Å². The Labute approximate surface area is 171 Å². The van der Waals surface area contributed by atoms with Crippen LogP contribution in [-0.4, -0.2) is 30.9 Å². The molecule has 6 nitrogen and oxygen atoms in total. The van der Waals surface area contributed by atoms with Crippen molar-refractivity contribution in [3.63, 3.8) is 0 Å². The molecule has 0 saturated heterocycles. The molecule has 0 fully saturated rings. The Morgan fingerprint density at radius 3 is 2.13 bits per heavy atom. The van der Waals surface area contributed by atoms with Crippen LogP contribution in [-0.2, 0) is 20.5 Å². The number of carbonyl (C=O) groups is 3. The number of ether oxygens (including phenoxy) is 2. The van der Waals surface area contributed by atoms with Gasteiger partial charge in [0, 0.05) is 17.7 Å². The first-order chi connectivity index (χ1) is 14.2. The molecule has 0 aliphatic rings. The number of alkyl halides is 3. The number of ketones is 1. The minimum absolute atomic E-state index is 0.0899. The molecule has 160 valence electrons. The lowest BCUT2D eigenvalue weighted by Gasteiger charge is -2.09. The van der Waals surface area contributed by atoms with Crippen LogP contribution in [0.15, 0.2) is 48.5 Å². The van der Waals surface area contributed by atoms with Gasteiger partial charge < -0.3 is 14.8 Å². The molecule has 1 amide bonds. The zero-order valence-electron chi connectivity index (χ0n) is 16.1. The molecule has 2 aromatic carbocycles. The molecular weight excluding hydrogens is 403 g/mol. The molecule has 1 N–H and O–H groups in total. The molecule has 0 unspecified atom stereocenters. The molecule has 2 aromatic rings. The lowest BCUT2D eigenvalue weighted by molar-refractivity contribution is -0.147. The van der Waals surface area contributed by atoms with Crippen LogP contribution in [0.5, 0.6) is 5.75 Å². The maximum atomic E-state index is 12.5. The van der Waals surface area contributed by atoms with Gasteiger partial charge in [-0.1, -0.05) is 0 Å². The number of nitrogens with one attached hydrogen (secondary N) is 1. The van der Waals surface area contributed by atoms with Gasteiger partial charge in [0.1, 0.15) is 5.75 Å². The fourth-order valence-corrected chi connectivity index (χ4v) is 2.42. The maximum Gasteiger partial charge on any atom is 0.416 e. The van der Waals surface area contributed by atoms with Crippen LogP contribution >= 0.6 is 0 Å². The highest BCUT2D eigenvalue weighted by Gasteiger charge is 2.30. The second-order valence-corrected chi connectivity index (χ2v) is 6.16. The van der Waals surface area contributed by atoms with Crippen LogP contribution in [0.1, 0.15) is 35.7 Å². The third-order valence-corrected chi connectivity index (χ3v) is 3.90.